The van der Waals surface area contributed by atoms with Gasteiger partial charge in [-0.25, -0.2) is 9.78 Å². The van der Waals surface area contributed by atoms with E-state index in [0.29, 0.717) is 5.88 Å². The monoisotopic (exact) mass is 306 g/mol. The molecule has 1 amide bonds. The number of aromatic nitrogens is 1. The number of ether oxygens (including phenoxy) is 1. The molecule has 0 aliphatic heterocycles. The van der Waals surface area contributed by atoms with E-state index in [0.717, 1.165) is 0 Å². The van der Waals surface area contributed by atoms with E-state index >= 15 is 0 Å². The van der Waals surface area contributed by atoms with Gasteiger partial charge in [-0.1, -0.05) is 11.6 Å². The second kappa shape index (κ2) is 6.23. The number of benzene rings is 1. The lowest BCUT2D eigenvalue weighted by Crippen LogP contribution is -2.15. The molecule has 6 nitrogen and oxygen atoms in total. The van der Waals surface area contributed by atoms with E-state index < -0.39 is 11.9 Å². The molecular weight excluding hydrogens is 296 g/mol. The molecule has 1 aromatic heterocycles. The summed E-state index contributed by atoms with van der Waals surface area (Å²) in [7, 11) is 1.47. The van der Waals surface area contributed by atoms with Gasteiger partial charge in [0, 0.05) is 17.3 Å². The molecule has 108 valence electrons. The van der Waals surface area contributed by atoms with Crippen LogP contribution in [0.1, 0.15) is 20.7 Å². The number of carbonyl (C=O) groups is 2. The number of hydrogen-bond donors (Lipinski definition) is 2. The average Bonchev–Trinajstić information content (AvgIpc) is 2.49. The molecule has 0 spiro atoms. The van der Waals surface area contributed by atoms with Gasteiger partial charge in [-0.15, -0.1) is 0 Å². The summed E-state index contributed by atoms with van der Waals surface area (Å²) in [5.41, 5.74) is 0.354. The summed E-state index contributed by atoms with van der Waals surface area (Å²) in [6.45, 7) is 0. The number of halogens is 1. The lowest BCUT2D eigenvalue weighted by atomic mass is 10.1. The van der Waals surface area contributed by atoms with Gasteiger partial charge in [-0.3, -0.25) is 4.79 Å². The van der Waals surface area contributed by atoms with E-state index in [1.807, 2.05) is 0 Å². The molecule has 0 bridgehead atoms. The highest BCUT2D eigenvalue weighted by molar-refractivity contribution is 6.31. The van der Waals surface area contributed by atoms with Gasteiger partial charge in [0.05, 0.1) is 23.9 Å². The average molecular weight is 307 g/mol. The zero-order valence-corrected chi connectivity index (χ0v) is 11.7. The Morgan fingerprint density at radius 3 is 2.62 bits per heavy atom. The number of carboxylic acids is 1. The second-order valence-corrected chi connectivity index (χ2v) is 4.47. The van der Waals surface area contributed by atoms with Crippen molar-refractivity contribution in [2.75, 3.05) is 12.4 Å². The van der Waals surface area contributed by atoms with Gasteiger partial charge in [-0.05, 0) is 24.3 Å². The molecule has 0 saturated carbocycles. The molecule has 0 aliphatic rings. The van der Waals surface area contributed by atoms with E-state index in [9.17, 15) is 9.59 Å². The lowest BCUT2D eigenvalue weighted by molar-refractivity contribution is 0.0698. The van der Waals surface area contributed by atoms with E-state index in [1.165, 1.54) is 43.6 Å². The molecule has 0 unspecified atom stereocenters. The predicted octanol–water partition coefficient (Wildman–Crippen LogP) is 2.69. The molecule has 0 saturated heterocycles. The Kier molecular flexibility index (Phi) is 4.39. The number of nitrogens with zero attached hydrogens (tertiary/aromatic N) is 1. The summed E-state index contributed by atoms with van der Waals surface area (Å²) in [5, 5.41) is 11.9. The summed E-state index contributed by atoms with van der Waals surface area (Å²) in [6, 6.07) is 7.26. The number of rotatable bonds is 4. The van der Waals surface area contributed by atoms with Crippen LogP contribution in [-0.4, -0.2) is 29.1 Å². The number of aromatic carboxylic acids is 1. The molecule has 0 fully saturated rings. The fourth-order valence-corrected chi connectivity index (χ4v) is 1.80. The van der Waals surface area contributed by atoms with Gasteiger partial charge in [0.2, 0.25) is 5.88 Å². The first-order valence-electron chi connectivity index (χ1n) is 5.85. The van der Waals surface area contributed by atoms with Crippen LogP contribution in [0.4, 0.5) is 5.69 Å². The van der Waals surface area contributed by atoms with E-state index in [4.69, 9.17) is 21.4 Å². The molecule has 1 aromatic carbocycles. The summed E-state index contributed by atoms with van der Waals surface area (Å²) in [6.07, 6.45) is 1.34. The first kappa shape index (κ1) is 14.8. The van der Waals surface area contributed by atoms with Crippen LogP contribution >= 0.6 is 11.6 Å². The lowest BCUT2D eigenvalue weighted by Gasteiger charge is -2.09. The smallest absolute Gasteiger partial charge is 0.337 e. The molecule has 0 radical (unpaired) electrons. The van der Waals surface area contributed by atoms with Crippen molar-refractivity contribution in [3.63, 3.8) is 0 Å². The van der Waals surface area contributed by atoms with Crippen molar-refractivity contribution in [2.45, 2.75) is 0 Å². The SMILES string of the molecule is COc1ccc(C(=O)Nc2ccc(Cl)cc2C(=O)O)cn1. The van der Waals surface area contributed by atoms with E-state index in [-0.39, 0.29) is 21.8 Å². The molecule has 7 heteroatoms. The Bertz CT molecular complexity index is 686. The highest BCUT2D eigenvalue weighted by Crippen LogP contribution is 2.21. The number of pyridine rings is 1. The van der Waals surface area contributed by atoms with Crippen molar-refractivity contribution >= 4 is 29.2 Å². The topological polar surface area (TPSA) is 88.5 Å². The van der Waals surface area contributed by atoms with Crippen molar-refractivity contribution in [1.82, 2.24) is 4.98 Å². The number of nitrogens with one attached hydrogen (secondary N) is 1. The molecule has 0 atom stereocenters. The second-order valence-electron chi connectivity index (χ2n) is 4.04. The standard InChI is InChI=1S/C14H11ClN2O4/c1-21-12-5-2-8(7-16-12)13(18)17-11-4-3-9(15)6-10(11)14(19)20/h2-7H,1H3,(H,17,18)(H,19,20). The van der Waals surface area contributed by atoms with E-state index in [1.54, 1.807) is 0 Å². The van der Waals surface area contributed by atoms with Crippen molar-refractivity contribution in [3.05, 3.63) is 52.7 Å². The molecule has 2 rings (SSSR count). The minimum atomic E-state index is -1.18. The number of carbonyl (C=O) groups excluding carboxylic acids is 1. The van der Waals surface area contributed by atoms with Gasteiger partial charge in [-0.2, -0.15) is 0 Å². The van der Waals surface area contributed by atoms with Gasteiger partial charge < -0.3 is 15.2 Å². The fourth-order valence-electron chi connectivity index (χ4n) is 1.63. The van der Waals surface area contributed by atoms with Crippen LogP contribution in [0.2, 0.25) is 5.02 Å². The zero-order chi connectivity index (χ0) is 15.4. The Morgan fingerprint density at radius 1 is 1.29 bits per heavy atom. The number of anilines is 1. The molecular formula is C14H11ClN2O4. The third-order valence-electron chi connectivity index (χ3n) is 2.67. The van der Waals surface area contributed by atoms with E-state index in [2.05, 4.69) is 10.3 Å². The molecule has 21 heavy (non-hydrogen) atoms. The Balaban J connectivity index is 2.24. The number of hydrogen-bond acceptors (Lipinski definition) is 4. The summed E-state index contributed by atoms with van der Waals surface area (Å²) < 4.78 is 4.90. The maximum Gasteiger partial charge on any atom is 0.337 e. The first-order chi connectivity index (χ1) is 10.0. The summed E-state index contributed by atoms with van der Waals surface area (Å²) >= 11 is 5.75. The zero-order valence-electron chi connectivity index (χ0n) is 11.0. The van der Waals surface area contributed by atoms with Gasteiger partial charge in [0.25, 0.3) is 5.91 Å². The van der Waals surface area contributed by atoms with Crippen LogP contribution in [0, 0.1) is 0 Å². The highest BCUT2D eigenvalue weighted by atomic mass is 35.5. The van der Waals surface area contributed by atoms with Crippen LogP contribution in [0.15, 0.2) is 36.5 Å². The maximum absolute atomic E-state index is 12.1. The molecule has 2 N–H and O–H groups in total. The fraction of sp³-hybridized carbons (Fsp3) is 0.0714. The number of carboxylic acid groups (broad SMARTS) is 1. The third kappa shape index (κ3) is 3.49. The van der Waals surface area contributed by atoms with Crippen molar-refractivity contribution in [1.29, 1.82) is 0 Å². The largest absolute Gasteiger partial charge is 0.481 e. The normalized spacial score (nSPS) is 10.0. The van der Waals surface area contributed by atoms with Crippen molar-refractivity contribution < 1.29 is 19.4 Å². The van der Waals surface area contributed by atoms with Gasteiger partial charge in [0.15, 0.2) is 0 Å². The quantitative estimate of drug-likeness (QED) is 0.906. The minimum absolute atomic E-state index is 0.0858. The summed E-state index contributed by atoms with van der Waals surface area (Å²) in [5.74, 6) is -1.28. The molecule has 1 heterocycles. The van der Waals surface area contributed by atoms with Crippen molar-refractivity contribution in [2.24, 2.45) is 0 Å². The van der Waals surface area contributed by atoms with Crippen LogP contribution in [0.3, 0.4) is 0 Å². The summed E-state index contributed by atoms with van der Waals surface area (Å²) in [4.78, 5) is 27.1. The van der Waals surface area contributed by atoms with Crippen LogP contribution in [-0.2, 0) is 0 Å². The molecule has 0 aliphatic carbocycles. The highest BCUT2D eigenvalue weighted by Gasteiger charge is 2.14. The number of methoxy groups -OCH3 is 1. The van der Waals surface area contributed by atoms with Crippen LogP contribution in [0.5, 0.6) is 5.88 Å². The van der Waals surface area contributed by atoms with Crippen LogP contribution in [0.25, 0.3) is 0 Å². The number of amides is 1. The molecule has 2 aromatic rings. The van der Waals surface area contributed by atoms with Gasteiger partial charge >= 0.3 is 5.97 Å². The maximum atomic E-state index is 12.1. The van der Waals surface area contributed by atoms with Crippen molar-refractivity contribution in [3.8, 4) is 5.88 Å². The first-order valence-corrected chi connectivity index (χ1v) is 6.23. The Labute approximate surface area is 125 Å². The minimum Gasteiger partial charge on any atom is -0.481 e. The predicted molar refractivity (Wildman–Crippen MR) is 77.2 cm³/mol. The Hall–Kier alpha value is -2.60. The third-order valence-corrected chi connectivity index (χ3v) is 2.90. The van der Waals surface area contributed by atoms with Crippen LogP contribution < -0.4 is 10.1 Å². The van der Waals surface area contributed by atoms with Gasteiger partial charge in [0.1, 0.15) is 0 Å². The Morgan fingerprint density at radius 2 is 2.05 bits per heavy atom.